The van der Waals surface area contributed by atoms with Gasteiger partial charge in [0.1, 0.15) is 12.4 Å². The second-order valence-corrected chi connectivity index (χ2v) is 9.13. The summed E-state index contributed by atoms with van der Waals surface area (Å²) in [5.74, 6) is 0.235. The summed E-state index contributed by atoms with van der Waals surface area (Å²) < 4.78 is 93.8. The van der Waals surface area contributed by atoms with Crippen molar-refractivity contribution in [3.8, 4) is 17.2 Å². The predicted molar refractivity (Wildman–Crippen MR) is 136 cm³/mol. The van der Waals surface area contributed by atoms with Crippen molar-refractivity contribution in [1.82, 2.24) is 9.55 Å². The molecule has 4 aromatic rings. The molecule has 2 N–H and O–H groups in total. The second kappa shape index (κ2) is 11.1. The molecule has 0 fully saturated rings. The number of rotatable bonds is 8. The fraction of sp³-hybridized carbons (Fsp3) is 0.286. The molecule has 0 saturated carbocycles. The van der Waals surface area contributed by atoms with Crippen LogP contribution in [0.1, 0.15) is 22.5 Å². The molecule has 0 spiro atoms. The van der Waals surface area contributed by atoms with Crippen LogP contribution in [0.3, 0.4) is 0 Å². The first-order valence-electron chi connectivity index (χ1n) is 12.1. The molecule has 3 aromatic carbocycles. The Labute approximate surface area is 229 Å². The average Bonchev–Trinajstić information content (AvgIpc) is 2.91. The normalized spacial score (nSPS) is 12.5. The molecular formula is C28H24F6N2O5. The molecule has 0 bridgehead atoms. The Morgan fingerprint density at radius 1 is 0.927 bits per heavy atom. The smallest absolute Gasteiger partial charge is 0.430 e. The number of nitrogens with zero attached hydrogens (tertiary/aromatic N) is 2. The summed E-state index contributed by atoms with van der Waals surface area (Å²) in [6, 6.07) is 13.2. The molecule has 0 aliphatic carbocycles. The zero-order valence-electron chi connectivity index (χ0n) is 21.7. The van der Waals surface area contributed by atoms with E-state index in [9.17, 15) is 36.2 Å². The zero-order valence-corrected chi connectivity index (χ0v) is 21.7. The van der Waals surface area contributed by atoms with Crippen molar-refractivity contribution in [3.05, 3.63) is 93.5 Å². The van der Waals surface area contributed by atoms with E-state index in [4.69, 9.17) is 14.6 Å². The Balaban J connectivity index is 2.06. The molecule has 0 aliphatic heterocycles. The highest BCUT2D eigenvalue weighted by Crippen LogP contribution is 2.50. The van der Waals surface area contributed by atoms with Crippen LogP contribution in [0.5, 0.6) is 11.5 Å². The summed E-state index contributed by atoms with van der Waals surface area (Å²) in [6.07, 6.45) is -12.3. The minimum absolute atomic E-state index is 0.00483. The quantitative estimate of drug-likeness (QED) is 0.285. The number of hydrogen-bond acceptors (Lipinski definition) is 6. The Morgan fingerprint density at radius 3 is 2.17 bits per heavy atom. The van der Waals surface area contributed by atoms with Crippen LogP contribution in [0.4, 0.5) is 26.3 Å². The van der Waals surface area contributed by atoms with Crippen molar-refractivity contribution >= 4 is 10.9 Å². The van der Waals surface area contributed by atoms with Crippen molar-refractivity contribution in [2.45, 2.75) is 31.3 Å². The third-order valence-electron chi connectivity index (χ3n) is 6.47. The van der Waals surface area contributed by atoms with Crippen LogP contribution in [0, 0.1) is 6.92 Å². The van der Waals surface area contributed by atoms with Gasteiger partial charge in [-0.25, -0.2) is 4.98 Å². The van der Waals surface area contributed by atoms with Gasteiger partial charge in [-0.2, -0.15) is 26.3 Å². The molecule has 41 heavy (non-hydrogen) atoms. The van der Waals surface area contributed by atoms with Crippen LogP contribution in [0.25, 0.3) is 16.6 Å². The van der Waals surface area contributed by atoms with E-state index in [0.29, 0.717) is 17.7 Å². The number of methoxy groups -OCH3 is 1. The summed E-state index contributed by atoms with van der Waals surface area (Å²) in [5, 5.41) is 19.1. The molecule has 0 saturated heterocycles. The molecule has 1 heterocycles. The number of alkyl halides is 6. The summed E-state index contributed by atoms with van der Waals surface area (Å²) in [5.41, 5.74) is -6.95. The molecule has 1 aromatic heterocycles. The predicted octanol–water partition coefficient (Wildman–Crippen LogP) is 4.98. The number of ether oxygens (including phenoxy) is 2. The monoisotopic (exact) mass is 582 g/mol. The van der Waals surface area contributed by atoms with Crippen LogP contribution in [0.15, 0.2) is 65.5 Å². The maximum atomic E-state index is 13.9. The summed E-state index contributed by atoms with van der Waals surface area (Å²) >= 11 is 0. The van der Waals surface area contributed by atoms with Gasteiger partial charge < -0.3 is 19.7 Å². The fourth-order valence-corrected chi connectivity index (χ4v) is 4.38. The van der Waals surface area contributed by atoms with Crippen LogP contribution < -0.4 is 15.0 Å². The van der Waals surface area contributed by atoms with Crippen molar-refractivity contribution in [2.24, 2.45) is 0 Å². The number of benzene rings is 3. The number of hydrogen-bond donors (Lipinski definition) is 2. The first-order chi connectivity index (χ1) is 19.2. The van der Waals surface area contributed by atoms with Crippen molar-refractivity contribution in [3.63, 3.8) is 0 Å². The van der Waals surface area contributed by atoms with Crippen LogP contribution in [-0.4, -0.2) is 52.4 Å². The molecule has 4 rings (SSSR count). The Bertz CT molecular complexity index is 1600. The maximum absolute atomic E-state index is 13.9. The van der Waals surface area contributed by atoms with E-state index in [2.05, 4.69) is 4.98 Å². The number of halogens is 6. The minimum Gasteiger partial charge on any atom is -0.493 e. The van der Waals surface area contributed by atoms with Gasteiger partial charge in [-0.05, 0) is 30.2 Å². The highest BCUT2D eigenvalue weighted by Gasteiger charge is 2.71. The summed E-state index contributed by atoms with van der Waals surface area (Å²) in [7, 11) is 1.30. The third-order valence-corrected chi connectivity index (χ3v) is 6.47. The molecule has 0 amide bonds. The second-order valence-electron chi connectivity index (χ2n) is 9.13. The van der Waals surface area contributed by atoms with Crippen molar-refractivity contribution in [1.29, 1.82) is 0 Å². The van der Waals surface area contributed by atoms with Gasteiger partial charge in [0.15, 0.2) is 11.5 Å². The van der Waals surface area contributed by atoms with Gasteiger partial charge in [-0.15, -0.1) is 0 Å². The van der Waals surface area contributed by atoms with Crippen LogP contribution >= 0.6 is 0 Å². The summed E-state index contributed by atoms with van der Waals surface area (Å²) in [4.78, 5) is 18.5. The molecule has 13 heteroatoms. The highest BCUT2D eigenvalue weighted by atomic mass is 19.4. The van der Waals surface area contributed by atoms with E-state index in [-0.39, 0.29) is 59.1 Å². The molecule has 0 unspecified atom stereocenters. The zero-order chi connectivity index (χ0) is 30.2. The van der Waals surface area contributed by atoms with Gasteiger partial charge in [0.05, 0.1) is 30.3 Å². The molecule has 0 radical (unpaired) electrons. The first-order valence-corrected chi connectivity index (χ1v) is 12.1. The molecular weight excluding hydrogens is 558 g/mol. The van der Waals surface area contributed by atoms with Gasteiger partial charge in [-0.3, -0.25) is 9.36 Å². The average molecular weight is 582 g/mol. The van der Waals surface area contributed by atoms with Gasteiger partial charge in [0.25, 0.3) is 11.2 Å². The van der Waals surface area contributed by atoms with E-state index in [1.165, 1.54) is 26.2 Å². The largest absolute Gasteiger partial charge is 0.493 e. The number of aliphatic hydroxyl groups is 2. The molecule has 218 valence electrons. The molecule has 0 atom stereocenters. The number of fused-ring (bicyclic) bond motifs is 1. The highest BCUT2D eigenvalue weighted by molar-refractivity contribution is 5.82. The van der Waals surface area contributed by atoms with E-state index in [0.717, 1.165) is 10.6 Å². The van der Waals surface area contributed by atoms with Gasteiger partial charge >= 0.3 is 12.4 Å². The minimum atomic E-state index is -6.12. The van der Waals surface area contributed by atoms with E-state index < -0.39 is 29.1 Å². The van der Waals surface area contributed by atoms with Gasteiger partial charge in [0.2, 0.25) is 0 Å². The topological polar surface area (TPSA) is 93.8 Å². The van der Waals surface area contributed by atoms with Crippen LogP contribution in [-0.2, 0) is 12.0 Å². The first kappa shape index (κ1) is 29.9. The van der Waals surface area contributed by atoms with E-state index in [1.54, 1.807) is 30.3 Å². The molecule has 7 nitrogen and oxygen atoms in total. The van der Waals surface area contributed by atoms with Gasteiger partial charge in [0, 0.05) is 18.1 Å². The fourth-order valence-electron chi connectivity index (χ4n) is 4.38. The molecule has 0 aliphatic rings. The Morgan fingerprint density at radius 2 is 1.59 bits per heavy atom. The standard InChI is InChI=1S/C28H24F6N2O5/c1-16-8-9-18(26(39,27(29,30)31)28(32,33)34)13-21(16)36-24(12-17-6-4-3-5-7-17)35-20-15-23(41-11-10-37)22(40-2)14-19(20)25(36)38/h3-9,13-15,37,39H,10-12H2,1-2H3. The van der Waals surface area contributed by atoms with E-state index >= 15 is 0 Å². The Hall–Kier alpha value is -4.10. The SMILES string of the molecule is COc1cc2c(=O)n(-c3cc(C(O)(C(F)(F)F)C(F)(F)F)ccc3C)c(Cc3ccccc3)nc2cc1OCCO. The lowest BCUT2D eigenvalue weighted by molar-refractivity contribution is -0.376. The lowest BCUT2D eigenvalue weighted by atomic mass is 9.91. The van der Waals surface area contributed by atoms with E-state index in [1.807, 2.05) is 0 Å². The lowest BCUT2D eigenvalue weighted by Crippen LogP contribution is -2.54. The summed E-state index contributed by atoms with van der Waals surface area (Å²) in [6.45, 7) is 0.991. The third kappa shape index (κ3) is 5.46. The number of aromatic nitrogens is 2. The van der Waals surface area contributed by atoms with Gasteiger partial charge in [-0.1, -0.05) is 42.5 Å². The number of aliphatic hydroxyl groups excluding tert-OH is 1. The maximum Gasteiger partial charge on any atom is 0.430 e. The Kier molecular flexibility index (Phi) is 8.05. The number of aryl methyl sites for hydroxylation is 1. The van der Waals surface area contributed by atoms with Crippen LogP contribution in [0.2, 0.25) is 0 Å². The lowest BCUT2D eigenvalue weighted by Gasteiger charge is -2.33. The van der Waals surface area contributed by atoms with Crippen molar-refractivity contribution in [2.75, 3.05) is 20.3 Å². The van der Waals surface area contributed by atoms with Crippen molar-refractivity contribution < 1.29 is 46.0 Å².